The average molecular weight is 290 g/mol. The highest BCUT2D eigenvalue weighted by Crippen LogP contribution is 2.28. The average Bonchev–Trinajstić information content (AvgIpc) is 2.04. The number of carbonyl (C=O) groups excluding carboxylic acids is 1. The minimum Gasteiger partial charge on any atom is -0.258 e. The molecule has 0 fully saturated rings. The zero-order chi connectivity index (χ0) is 9.84. The van der Waals surface area contributed by atoms with E-state index in [1.165, 1.54) is 18.2 Å². The number of nitro benzene ring substituents is 1. The van der Waals surface area contributed by atoms with Gasteiger partial charge in [0.15, 0.2) is 5.69 Å². The molecule has 0 aliphatic rings. The molecule has 1 aromatic carbocycles. The maximum atomic E-state index is 10.4. The Kier molecular flexibility index (Phi) is 3.10. The van der Waals surface area contributed by atoms with E-state index >= 15 is 0 Å². The molecule has 0 amide bonds. The van der Waals surface area contributed by atoms with Crippen molar-refractivity contribution in [3.8, 4) is 0 Å². The van der Waals surface area contributed by atoms with Crippen molar-refractivity contribution < 1.29 is 9.72 Å². The molecule has 0 aliphatic carbocycles. The van der Waals surface area contributed by atoms with E-state index in [4.69, 9.17) is 0 Å². The first-order valence-electron chi connectivity index (χ1n) is 3.17. The van der Waals surface area contributed by atoms with Gasteiger partial charge in [-0.2, -0.15) is 4.99 Å². The smallest absolute Gasteiger partial charge is 0.258 e. The number of nitro groups is 1. The van der Waals surface area contributed by atoms with Crippen LogP contribution < -0.4 is 0 Å². The number of hydrogen-bond donors (Lipinski definition) is 0. The molecular formula is C7H3IN2O3. The molecule has 0 saturated heterocycles. The van der Waals surface area contributed by atoms with Gasteiger partial charge in [-0.1, -0.05) is 0 Å². The summed E-state index contributed by atoms with van der Waals surface area (Å²) in [5.74, 6) is 0. The third-order valence-electron chi connectivity index (χ3n) is 1.30. The van der Waals surface area contributed by atoms with Crippen molar-refractivity contribution in [1.82, 2.24) is 0 Å². The van der Waals surface area contributed by atoms with Crippen molar-refractivity contribution >= 4 is 40.0 Å². The van der Waals surface area contributed by atoms with Gasteiger partial charge in [-0.05, 0) is 34.7 Å². The number of benzene rings is 1. The van der Waals surface area contributed by atoms with E-state index in [1.54, 1.807) is 6.07 Å². The summed E-state index contributed by atoms with van der Waals surface area (Å²) in [6.07, 6.45) is 1.27. The lowest BCUT2D eigenvalue weighted by Gasteiger charge is -1.95. The summed E-state index contributed by atoms with van der Waals surface area (Å²) < 4.78 is 0.775. The van der Waals surface area contributed by atoms with Crippen LogP contribution in [0.15, 0.2) is 23.2 Å². The lowest BCUT2D eigenvalue weighted by Crippen LogP contribution is -1.88. The zero-order valence-electron chi connectivity index (χ0n) is 6.23. The molecule has 5 nitrogen and oxygen atoms in total. The fourth-order valence-corrected chi connectivity index (χ4v) is 1.26. The largest absolute Gasteiger partial charge is 0.295 e. The Balaban J connectivity index is 3.34. The van der Waals surface area contributed by atoms with Crippen molar-refractivity contribution in [3.63, 3.8) is 0 Å². The summed E-state index contributed by atoms with van der Waals surface area (Å²) in [5.41, 5.74) is -0.157. The molecule has 0 spiro atoms. The predicted molar refractivity (Wildman–Crippen MR) is 53.6 cm³/mol. The topological polar surface area (TPSA) is 72.6 Å². The van der Waals surface area contributed by atoms with E-state index in [1.807, 2.05) is 22.6 Å². The highest BCUT2D eigenvalue weighted by atomic mass is 127. The predicted octanol–water partition coefficient (Wildman–Crippen LogP) is 2.17. The molecule has 1 aromatic rings. The molecule has 0 aromatic heterocycles. The fourth-order valence-electron chi connectivity index (χ4n) is 0.790. The fraction of sp³-hybridized carbons (Fsp3) is 0. The second kappa shape index (κ2) is 4.11. The first-order chi connectivity index (χ1) is 6.15. The highest BCUT2D eigenvalue weighted by Gasteiger charge is 2.12. The van der Waals surface area contributed by atoms with Crippen LogP contribution in [0.2, 0.25) is 0 Å². The molecule has 0 bridgehead atoms. The molecule has 1 rings (SSSR count). The summed E-state index contributed by atoms with van der Waals surface area (Å²) in [6.45, 7) is 0. The third kappa shape index (κ3) is 2.33. The van der Waals surface area contributed by atoms with Gasteiger partial charge < -0.3 is 0 Å². The number of rotatable bonds is 2. The second-order valence-electron chi connectivity index (χ2n) is 2.09. The van der Waals surface area contributed by atoms with E-state index in [0.29, 0.717) is 0 Å². The minimum absolute atomic E-state index is 0.0342. The summed E-state index contributed by atoms with van der Waals surface area (Å²) >= 11 is 1.97. The molecule has 0 atom stereocenters. The van der Waals surface area contributed by atoms with E-state index in [0.717, 1.165) is 3.57 Å². The van der Waals surface area contributed by atoms with Gasteiger partial charge in [-0.3, -0.25) is 10.1 Å². The molecule has 0 aliphatic heterocycles. The molecule has 6 heteroatoms. The van der Waals surface area contributed by atoms with Gasteiger partial charge in [0, 0.05) is 9.64 Å². The quantitative estimate of drug-likeness (QED) is 0.275. The van der Waals surface area contributed by atoms with Gasteiger partial charge in [0.25, 0.3) is 5.69 Å². The third-order valence-corrected chi connectivity index (χ3v) is 1.97. The van der Waals surface area contributed by atoms with Crippen molar-refractivity contribution in [2.75, 3.05) is 0 Å². The van der Waals surface area contributed by atoms with Crippen molar-refractivity contribution in [1.29, 1.82) is 0 Å². The summed E-state index contributed by atoms with van der Waals surface area (Å²) in [5, 5.41) is 10.4. The first kappa shape index (κ1) is 9.82. The molecular weight excluding hydrogens is 287 g/mol. The van der Waals surface area contributed by atoms with Crippen LogP contribution in [-0.2, 0) is 4.79 Å². The van der Waals surface area contributed by atoms with Crippen LogP contribution in [0.5, 0.6) is 0 Å². The van der Waals surface area contributed by atoms with E-state index in [9.17, 15) is 14.9 Å². The maximum absolute atomic E-state index is 10.4. The van der Waals surface area contributed by atoms with E-state index < -0.39 is 4.92 Å². The lowest BCUT2D eigenvalue weighted by molar-refractivity contribution is -0.384. The van der Waals surface area contributed by atoms with Gasteiger partial charge in [-0.25, -0.2) is 4.79 Å². The Hall–Kier alpha value is -1.27. The molecule has 0 N–H and O–H groups in total. The molecule has 13 heavy (non-hydrogen) atoms. The Morgan fingerprint density at radius 1 is 1.54 bits per heavy atom. The van der Waals surface area contributed by atoms with Crippen LogP contribution in [0.1, 0.15) is 0 Å². The monoisotopic (exact) mass is 290 g/mol. The Morgan fingerprint density at radius 2 is 2.23 bits per heavy atom. The van der Waals surface area contributed by atoms with Crippen LogP contribution in [0.3, 0.4) is 0 Å². The number of aliphatic imine (C=N–C) groups is 1. The first-order valence-corrected chi connectivity index (χ1v) is 4.25. The standard InChI is InChI=1S/C7H3IN2O3/c8-5-1-2-7(10(12)13)6(3-5)9-4-11/h1-3H. The van der Waals surface area contributed by atoms with Crippen molar-refractivity contribution in [2.24, 2.45) is 4.99 Å². The lowest BCUT2D eigenvalue weighted by atomic mass is 10.3. The molecule has 0 saturated carbocycles. The number of isocyanates is 1. The van der Waals surface area contributed by atoms with E-state index in [2.05, 4.69) is 4.99 Å². The Labute approximate surface area is 86.8 Å². The van der Waals surface area contributed by atoms with Crippen LogP contribution in [0, 0.1) is 13.7 Å². The summed E-state index contributed by atoms with van der Waals surface area (Å²) in [7, 11) is 0. The zero-order valence-corrected chi connectivity index (χ0v) is 8.39. The van der Waals surface area contributed by atoms with Crippen LogP contribution in [0.4, 0.5) is 11.4 Å². The normalized spacial score (nSPS) is 9.00. The van der Waals surface area contributed by atoms with Gasteiger partial charge >= 0.3 is 0 Å². The maximum Gasteiger partial charge on any atom is 0.295 e. The SMILES string of the molecule is O=C=Nc1cc(I)ccc1[N+](=O)[O-]. The number of nitrogens with zero attached hydrogens (tertiary/aromatic N) is 2. The van der Waals surface area contributed by atoms with Crippen LogP contribution in [0.25, 0.3) is 0 Å². The number of hydrogen-bond acceptors (Lipinski definition) is 4. The van der Waals surface area contributed by atoms with Crippen LogP contribution >= 0.6 is 22.6 Å². The summed E-state index contributed by atoms with van der Waals surface area (Å²) in [4.78, 5) is 23.0. The number of halogens is 1. The Bertz CT molecular complexity index is 399. The van der Waals surface area contributed by atoms with Gasteiger partial charge in [-0.15, -0.1) is 0 Å². The summed E-state index contributed by atoms with van der Waals surface area (Å²) in [6, 6.07) is 4.32. The molecule has 0 heterocycles. The minimum atomic E-state index is -0.591. The van der Waals surface area contributed by atoms with E-state index in [-0.39, 0.29) is 11.4 Å². The molecule has 0 radical (unpaired) electrons. The Morgan fingerprint density at radius 3 is 2.77 bits per heavy atom. The highest BCUT2D eigenvalue weighted by molar-refractivity contribution is 14.1. The molecule has 0 unspecified atom stereocenters. The van der Waals surface area contributed by atoms with Crippen molar-refractivity contribution in [3.05, 3.63) is 31.9 Å². The van der Waals surface area contributed by atoms with Gasteiger partial charge in [0.2, 0.25) is 6.08 Å². The second-order valence-corrected chi connectivity index (χ2v) is 3.34. The van der Waals surface area contributed by atoms with Crippen molar-refractivity contribution in [2.45, 2.75) is 0 Å². The van der Waals surface area contributed by atoms with Gasteiger partial charge in [0.05, 0.1) is 4.92 Å². The molecule has 66 valence electrons. The van der Waals surface area contributed by atoms with Crippen LogP contribution in [-0.4, -0.2) is 11.0 Å². The van der Waals surface area contributed by atoms with Gasteiger partial charge in [0.1, 0.15) is 0 Å².